The van der Waals surface area contributed by atoms with Crippen LogP contribution in [0.1, 0.15) is 17.0 Å². The Hall–Kier alpha value is -2.26. The minimum absolute atomic E-state index is 0.769. The number of nitrogens with one attached hydrogen (secondary N) is 1. The Kier molecular flexibility index (Phi) is 3.70. The molecule has 0 atom stereocenters. The Morgan fingerprint density at radius 2 is 1.85 bits per heavy atom. The van der Waals surface area contributed by atoms with Crippen LogP contribution in [0.5, 0.6) is 0 Å². The number of pyridine rings is 2. The quantitative estimate of drug-likeness (QED) is 0.785. The first-order valence-corrected chi connectivity index (χ1v) is 6.78. The maximum atomic E-state index is 4.49. The SMILES string of the molecule is Cc1cccc(CNCc2cncc3ccccc23)n1. The second-order valence-electron chi connectivity index (χ2n) is 4.89. The van der Waals surface area contributed by atoms with Crippen LogP contribution < -0.4 is 5.32 Å². The Labute approximate surface area is 118 Å². The minimum Gasteiger partial charge on any atom is -0.307 e. The summed E-state index contributed by atoms with van der Waals surface area (Å²) in [5.74, 6) is 0. The Morgan fingerprint density at radius 1 is 0.950 bits per heavy atom. The van der Waals surface area contributed by atoms with Gasteiger partial charge in [0, 0.05) is 36.6 Å². The molecule has 0 aliphatic rings. The number of aryl methyl sites for hydroxylation is 1. The van der Waals surface area contributed by atoms with Gasteiger partial charge >= 0.3 is 0 Å². The van der Waals surface area contributed by atoms with Crippen molar-refractivity contribution in [3.63, 3.8) is 0 Å². The lowest BCUT2D eigenvalue weighted by atomic mass is 10.1. The number of hydrogen-bond donors (Lipinski definition) is 1. The molecule has 1 aromatic carbocycles. The Bertz CT molecular complexity index is 717. The van der Waals surface area contributed by atoms with Gasteiger partial charge in [-0.2, -0.15) is 0 Å². The molecule has 0 fully saturated rings. The fraction of sp³-hybridized carbons (Fsp3) is 0.176. The van der Waals surface area contributed by atoms with Crippen LogP contribution in [0, 0.1) is 6.92 Å². The molecule has 2 heterocycles. The van der Waals surface area contributed by atoms with Crippen LogP contribution in [0.15, 0.2) is 54.9 Å². The van der Waals surface area contributed by atoms with Crippen molar-refractivity contribution in [3.05, 3.63) is 71.8 Å². The molecule has 3 nitrogen and oxygen atoms in total. The van der Waals surface area contributed by atoms with Crippen molar-refractivity contribution in [3.8, 4) is 0 Å². The number of nitrogens with zero attached hydrogens (tertiary/aromatic N) is 2. The highest BCUT2D eigenvalue weighted by Crippen LogP contribution is 2.16. The minimum atomic E-state index is 0.769. The molecular formula is C17H17N3. The average molecular weight is 263 g/mol. The van der Waals surface area contributed by atoms with Crippen LogP contribution in [-0.4, -0.2) is 9.97 Å². The van der Waals surface area contributed by atoms with E-state index in [1.54, 1.807) is 0 Å². The lowest BCUT2D eigenvalue weighted by molar-refractivity contribution is 0.679. The fourth-order valence-corrected chi connectivity index (χ4v) is 2.34. The summed E-state index contributed by atoms with van der Waals surface area (Å²) >= 11 is 0. The van der Waals surface area contributed by atoms with Crippen LogP contribution >= 0.6 is 0 Å². The fourth-order valence-electron chi connectivity index (χ4n) is 2.34. The number of fused-ring (bicyclic) bond motifs is 1. The zero-order valence-corrected chi connectivity index (χ0v) is 11.5. The van der Waals surface area contributed by atoms with Crippen molar-refractivity contribution in [2.45, 2.75) is 20.0 Å². The van der Waals surface area contributed by atoms with Crippen LogP contribution in [0.25, 0.3) is 10.8 Å². The first-order chi connectivity index (χ1) is 9.83. The summed E-state index contributed by atoms with van der Waals surface area (Å²) < 4.78 is 0. The molecule has 0 radical (unpaired) electrons. The van der Waals surface area contributed by atoms with E-state index in [0.29, 0.717) is 0 Å². The van der Waals surface area contributed by atoms with Crippen LogP contribution in [0.2, 0.25) is 0 Å². The van der Waals surface area contributed by atoms with Gasteiger partial charge in [-0.15, -0.1) is 0 Å². The molecule has 20 heavy (non-hydrogen) atoms. The number of aromatic nitrogens is 2. The Morgan fingerprint density at radius 3 is 2.75 bits per heavy atom. The predicted octanol–water partition coefficient (Wildman–Crippen LogP) is 3.23. The first-order valence-electron chi connectivity index (χ1n) is 6.78. The van der Waals surface area contributed by atoms with Gasteiger partial charge in [0.25, 0.3) is 0 Å². The van der Waals surface area contributed by atoms with Crippen molar-refractivity contribution in [2.24, 2.45) is 0 Å². The van der Waals surface area contributed by atoms with Crippen molar-refractivity contribution in [1.82, 2.24) is 15.3 Å². The molecule has 100 valence electrons. The van der Waals surface area contributed by atoms with Gasteiger partial charge in [-0.05, 0) is 30.0 Å². The van der Waals surface area contributed by atoms with Crippen molar-refractivity contribution in [1.29, 1.82) is 0 Å². The standard InChI is InChI=1S/C17H17N3/c1-13-5-4-7-16(20-13)12-19-11-15-10-18-9-14-6-2-3-8-17(14)15/h2-10,19H,11-12H2,1H3. The highest BCUT2D eigenvalue weighted by Gasteiger charge is 2.01. The zero-order valence-electron chi connectivity index (χ0n) is 11.5. The van der Waals surface area contributed by atoms with E-state index < -0.39 is 0 Å². The van der Waals surface area contributed by atoms with E-state index in [1.165, 1.54) is 16.3 Å². The maximum Gasteiger partial charge on any atom is 0.0544 e. The summed E-state index contributed by atoms with van der Waals surface area (Å²) in [6.07, 6.45) is 3.83. The van der Waals surface area contributed by atoms with Gasteiger partial charge in [0.1, 0.15) is 0 Å². The lowest BCUT2D eigenvalue weighted by Crippen LogP contribution is -2.14. The summed E-state index contributed by atoms with van der Waals surface area (Å²) in [5.41, 5.74) is 3.34. The average Bonchev–Trinajstić information content (AvgIpc) is 2.48. The summed E-state index contributed by atoms with van der Waals surface area (Å²) in [4.78, 5) is 8.79. The van der Waals surface area contributed by atoms with Crippen molar-refractivity contribution >= 4 is 10.8 Å². The van der Waals surface area contributed by atoms with E-state index in [4.69, 9.17) is 0 Å². The summed E-state index contributed by atoms with van der Waals surface area (Å²) in [7, 11) is 0. The molecule has 0 bridgehead atoms. The molecule has 1 N–H and O–H groups in total. The second kappa shape index (κ2) is 5.80. The lowest BCUT2D eigenvalue weighted by Gasteiger charge is -2.08. The van der Waals surface area contributed by atoms with E-state index in [9.17, 15) is 0 Å². The largest absolute Gasteiger partial charge is 0.307 e. The smallest absolute Gasteiger partial charge is 0.0544 e. The van der Waals surface area contributed by atoms with Gasteiger partial charge in [0.2, 0.25) is 0 Å². The van der Waals surface area contributed by atoms with E-state index in [2.05, 4.69) is 33.5 Å². The summed E-state index contributed by atoms with van der Waals surface area (Å²) in [6, 6.07) is 14.4. The monoisotopic (exact) mass is 263 g/mol. The number of benzene rings is 1. The van der Waals surface area contributed by atoms with E-state index in [-0.39, 0.29) is 0 Å². The third kappa shape index (κ3) is 2.83. The van der Waals surface area contributed by atoms with Crippen LogP contribution in [-0.2, 0) is 13.1 Å². The van der Waals surface area contributed by atoms with Crippen molar-refractivity contribution < 1.29 is 0 Å². The van der Waals surface area contributed by atoms with Gasteiger partial charge in [-0.3, -0.25) is 9.97 Å². The predicted molar refractivity (Wildman–Crippen MR) is 81.3 cm³/mol. The maximum absolute atomic E-state index is 4.49. The van der Waals surface area contributed by atoms with Crippen molar-refractivity contribution in [2.75, 3.05) is 0 Å². The molecule has 2 aromatic heterocycles. The van der Waals surface area contributed by atoms with Gasteiger partial charge in [-0.1, -0.05) is 30.3 Å². The van der Waals surface area contributed by atoms with Gasteiger partial charge in [0.15, 0.2) is 0 Å². The molecule has 0 saturated heterocycles. The zero-order chi connectivity index (χ0) is 13.8. The molecular weight excluding hydrogens is 246 g/mol. The molecule has 3 rings (SSSR count). The molecule has 0 saturated carbocycles. The normalized spacial score (nSPS) is 10.8. The van der Waals surface area contributed by atoms with Crippen LogP contribution in [0.3, 0.4) is 0 Å². The third-order valence-corrected chi connectivity index (χ3v) is 3.32. The Balaban J connectivity index is 1.71. The summed E-state index contributed by atoms with van der Waals surface area (Å²) in [5, 5.41) is 5.87. The van der Waals surface area contributed by atoms with Gasteiger partial charge < -0.3 is 5.32 Å². The second-order valence-corrected chi connectivity index (χ2v) is 4.89. The van der Waals surface area contributed by atoms with E-state index in [0.717, 1.165) is 24.5 Å². The molecule has 0 aliphatic heterocycles. The van der Waals surface area contributed by atoms with E-state index in [1.807, 2.05) is 43.6 Å². The van der Waals surface area contributed by atoms with E-state index >= 15 is 0 Å². The molecule has 0 unspecified atom stereocenters. The number of hydrogen-bond acceptors (Lipinski definition) is 3. The third-order valence-electron chi connectivity index (χ3n) is 3.32. The van der Waals surface area contributed by atoms with Gasteiger partial charge in [0.05, 0.1) is 5.69 Å². The molecule has 0 spiro atoms. The number of rotatable bonds is 4. The molecule has 3 aromatic rings. The highest BCUT2D eigenvalue weighted by molar-refractivity contribution is 5.84. The highest BCUT2D eigenvalue weighted by atomic mass is 14.9. The molecule has 0 aliphatic carbocycles. The van der Waals surface area contributed by atoms with Crippen LogP contribution in [0.4, 0.5) is 0 Å². The summed E-state index contributed by atoms with van der Waals surface area (Å²) in [6.45, 7) is 3.58. The van der Waals surface area contributed by atoms with Gasteiger partial charge in [-0.25, -0.2) is 0 Å². The topological polar surface area (TPSA) is 37.8 Å². The molecule has 3 heteroatoms. The first kappa shape index (κ1) is 12.8. The molecule has 0 amide bonds.